The molecule has 1 atom stereocenters. The van der Waals surface area contributed by atoms with Crippen molar-refractivity contribution in [3.63, 3.8) is 0 Å². The fraction of sp³-hybridized carbons (Fsp3) is 0.692. The van der Waals surface area contributed by atoms with Crippen LogP contribution in [0.15, 0.2) is 6.07 Å². The second-order valence-corrected chi connectivity index (χ2v) is 5.46. The lowest BCUT2D eigenvalue weighted by Crippen LogP contribution is -2.31. The van der Waals surface area contributed by atoms with Crippen LogP contribution in [0.1, 0.15) is 40.4 Å². The van der Waals surface area contributed by atoms with Crippen LogP contribution in [0, 0.1) is 5.41 Å². The number of hydrogen-bond donors (Lipinski definition) is 2. The fourth-order valence-electron chi connectivity index (χ4n) is 1.29. The molecule has 0 saturated heterocycles. The van der Waals surface area contributed by atoms with E-state index in [1.54, 1.807) is 6.07 Å². The van der Waals surface area contributed by atoms with Gasteiger partial charge in [-0.1, -0.05) is 20.8 Å². The summed E-state index contributed by atoms with van der Waals surface area (Å²) in [6.07, 6.45) is 0. The zero-order valence-corrected chi connectivity index (χ0v) is 11.9. The molecule has 5 heteroatoms. The summed E-state index contributed by atoms with van der Waals surface area (Å²) in [4.78, 5) is 8.54. The fourth-order valence-corrected chi connectivity index (χ4v) is 1.29. The number of nitrogens with two attached hydrogens (primary N) is 1. The Morgan fingerprint density at radius 2 is 2.06 bits per heavy atom. The van der Waals surface area contributed by atoms with Gasteiger partial charge in [-0.3, -0.25) is 0 Å². The average molecular weight is 252 g/mol. The van der Waals surface area contributed by atoms with Gasteiger partial charge in [-0.2, -0.15) is 0 Å². The number of anilines is 2. The van der Waals surface area contributed by atoms with E-state index in [0.717, 1.165) is 5.82 Å². The smallest absolute Gasteiger partial charge is 0.158 e. The van der Waals surface area contributed by atoms with Gasteiger partial charge in [0.15, 0.2) is 5.82 Å². The molecule has 0 radical (unpaired) electrons. The molecule has 1 aromatic heterocycles. The third-order valence-corrected chi connectivity index (χ3v) is 2.89. The van der Waals surface area contributed by atoms with Crippen molar-refractivity contribution in [1.29, 1.82) is 0 Å². The van der Waals surface area contributed by atoms with Crippen molar-refractivity contribution in [2.45, 2.75) is 47.3 Å². The van der Waals surface area contributed by atoms with Crippen LogP contribution in [0.2, 0.25) is 0 Å². The Morgan fingerprint density at radius 3 is 2.61 bits per heavy atom. The van der Waals surface area contributed by atoms with Crippen molar-refractivity contribution in [1.82, 2.24) is 9.97 Å². The summed E-state index contributed by atoms with van der Waals surface area (Å²) in [5.74, 6) is 1.82. The zero-order valence-electron chi connectivity index (χ0n) is 11.9. The maximum absolute atomic E-state index is 5.77. The summed E-state index contributed by atoms with van der Waals surface area (Å²) in [5.41, 5.74) is 5.92. The highest BCUT2D eigenvalue weighted by Gasteiger charge is 2.20. The molecule has 1 aromatic rings. The first-order valence-electron chi connectivity index (χ1n) is 6.30. The van der Waals surface area contributed by atoms with Crippen molar-refractivity contribution >= 4 is 11.6 Å². The number of rotatable bonds is 5. The molecule has 0 amide bonds. The predicted molar refractivity (Wildman–Crippen MR) is 74.3 cm³/mol. The van der Waals surface area contributed by atoms with E-state index >= 15 is 0 Å². The first-order valence-corrected chi connectivity index (χ1v) is 6.30. The standard InChI is InChI=1S/C13H24N4O/c1-6-18-8-12-16-10(14)7-11(17-12)15-9(2)13(3,4)5/h7,9H,6,8H2,1-5H3,(H3,14,15,16,17). The maximum Gasteiger partial charge on any atom is 0.158 e. The van der Waals surface area contributed by atoms with E-state index < -0.39 is 0 Å². The first-order chi connectivity index (χ1) is 8.32. The van der Waals surface area contributed by atoms with E-state index in [9.17, 15) is 0 Å². The van der Waals surface area contributed by atoms with Crippen LogP contribution in [0.5, 0.6) is 0 Å². The highest BCUT2D eigenvalue weighted by Crippen LogP contribution is 2.22. The molecule has 102 valence electrons. The minimum absolute atomic E-state index is 0.153. The molecular weight excluding hydrogens is 228 g/mol. The largest absolute Gasteiger partial charge is 0.384 e. The third kappa shape index (κ3) is 4.49. The summed E-state index contributed by atoms with van der Waals surface area (Å²) in [6, 6.07) is 2.03. The van der Waals surface area contributed by atoms with Gasteiger partial charge in [-0.15, -0.1) is 0 Å². The van der Waals surface area contributed by atoms with Crippen LogP contribution in [-0.4, -0.2) is 22.6 Å². The summed E-state index contributed by atoms with van der Waals surface area (Å²) in [7, 11) is 0. The van der Waals surface area contributed by atoms with Crippen molar-refractivity contribution in [3.05, 3.63) is 11.9 Å². The molecule has 1 rings (SSSR count). The first kappa shape index (κ1) is 14.7. The molecule has 0 aliphatic carbocycles. The minimum atomic E-state index is 0.153. The van der Waals surface area contributed by atoms with Crippen molar-refractivity contribution < 1.29 is 4.74 Å². The van der Waals surface area contributed by atoms with E-state index in [1.165, 1.54) is 0 Å². The second-order valence-electron chi connectivity index (χ2n) is 5.46. The molecule has 18 heavy (non-hydrogen) atoms. The van der Waals surface area contributed by atoms with Gasteiger partial charge >= 0.3 is 0 Å². The minimum Gasteiger partial charge on any atom is -0.384 e. The molecule has 0 aromatic carbocycles. The lowest BCUT2D eigenvalue weighted by atomic mass is 9.88. The van der Waals surface area contributed by atoms with Crippen LogP contribution >= 0.6 is 0 Å². The second kappa shape index (κ2) is 6.00. The van der Waals surface area contributed by atoms with Crippen molar-refractivity contribution in [3.8, 4) is 0 Å². The molecule has 1 unspecified atom stereocenters. The van der Waals surface area contributed by atoms with Crippen molar-refractivity contribution in [2.24, 2.45) is 5.41 Å². The Labute approximate surface area is 109 Å². The summed E-state index contributed by atoms with van der Waals surface area (Å²) < 4.78 is 5.29. The highest BCUT2D eigenvalue weighted by molar-refractivity contribution is 5.45. The molecule has 1 heterocycles. The Hall–Kier alpha value is -1.36. The number of nitrogen functional groups attached to an aromatic ring is 1. The predicted octanol–water partition coefficient (Wildman–Crippen LogP) is 2.44. The Kier molecular flexibility index (Phi) is 4.90. The molecule has 0 aliphatic rings. The van der Waals surface area contributed by atoms with Crippen LogP contribution in [0.3, 0.4) is 0 Å². The Bertz CT molecular complexity index is 387. The van der Waals surface area contributed by atoms with E-state index in [0.29, 0.717) is 24.9 Å². The molecule has 0 bridgehead atoms. The van der Waals surface area contributed by atoms with E-state index in [-0.39, 0.29) is 11.5 Å². The van der Waals surface area contributed by atoms with E-state index in [2.05, 4.69) is 43.0 Å². The molecule has 0 aliphatic heterocycles. The number of nitrogens with one attached hydrogen (secondary N) is 1. The zero-order chi connectivity index (χ0) is 13.8. The normalized spacial score (nSPS) is 13.4. The number of nitrogens with zero attached hydrogens (tertiary/aromatic N) is 2. The molecule has 0 fully saturated rings. The van der Waals surface area contributed by atoms with Crippen LogP contribution in [0.25, 0.3) is 0 Å². The topological polar surface area (TPSA) is 73.1 Å². The lowest BCUT2D eigenvalue weighted by molar-refractivity contribution is 0.128. The Morgan fingerprint density at radius 1 is 1.39 bits per heavy atom. The van der Waals surface area contributed by atoms with Gasteiger partial charge in [0.1, 0.15) is 18.2 Å². The van der Waals surface area contributed by atoms with Crippen LogP contribution in [0.4, 0.5) is 11.6 Å². The van der Waals surface area contributed by atoms with Gasteiger partial charge in [0.25, 0.3) is 0 Å². The molecule has 0 spiro atoms. The monoisotopic (exact) mass is 252 g/mol. The highest BCUT2D eigenvalue weighted by atomic mass is 16.5. The number of aromatic nitrogens is 2. The summed E-state index contributed by atoms with van der Waals surface area (Å²) in [6.45, 7) is 11.6. The van der Waals surface area contributed by atoms with Gasteiger partial charge in [0, 0.05) is 18.7 Å². The molecule has 0 saturated carbocycles. The molecule has 3 N–H and O–H groups in total. The van der Waals surface area contributed by atoms with Gasteiger partial charge in [-0.05, 0) is 19.3 Å². The maximum atomic E-state index is 5.77. The van der Waals surface area contributed by atoms with Gasteiger partial charge < -0.3 is 15.8 Å². The quantitative estimate of drug-likeness (QED) is 0.842. The SMILES string of the molecule is CCOCc1nc(N)cc(NC(C)C(C)(C)C)n1. The van der Waals surface area contributed by atoms with Crippen molar-refractivity contribution in [2.75, 3.05) is 17.7 Å². The third-order valence-electron chi connectivity index (χ3n) is 2.89. The van der Waals surface area contributed by atoms with Gasteiger partial charge in [0.05, 0.1) is 0 Å². The summed E-state index contributed by atoms with van der Waals surface area (Å²) in [5, 5.41) is 3.35. The van der Waals surface area contributed by atoms with Crippen LogP contribution in [-0.2, 0) is 11.3 Å². The van der Waals surface area contributed by atoms with Gasteiger partial charge in [-0.25, -0.2) is 9.97 Å². The van der Waals surface area contributed by atoms with Crippen LogP contribution < -0.4 is 11.1 Å². The van der Waals surface area contributed by atoms with E-state index in [1.807, 2.05) is 6.92 Å². The summed E-state index contributed by atoms with van der Waals surface area (Å²) >= 11 is 0. The average Bonchev–Trinajstić information content (AvgIpc) is 2.24. The number of ether oxygens (including phenoxy) is 1. The number of hydrogen-bond acceptors (Lipinski definition) is 5. The molecule has 5 nitrogen and oxygen atoms in total. The van der Waals surface area contributed by atoms with E-state index in [4.69, 9.17) is 10.5 Å². The Balaban J connectivity index is 2.79. The lowest BCUT2D eigenvalue weighted by Gasteiger charge is -2.28. The molecular formula is C13H24N4O. The van der Waals surface area contributed by atoms with Gasteiger partial charge in [0.2, 0.25) is 0 Å².